The average molecular weight is 351 g/mol. The first-order valence-corrected chi connectivity index (χ1v) is 7.66. The molecule has 0 unspecified atom stereocenters. The number of halogens is 3. The van der Waals surface area contributed by atoms with Crippen LogP contribution in [0.5, 0.6) is 0 Å². The molecule has 21 heavy (non-hydrogen) atoms. The second-order valence-electron chi connectivity index (χ2n) is 5.26. The molecule has 108 valence electrons. The minimum Gasteiger partial charge on any atom is -0.288 e. The smallest absolute Gasteiger partial charge is 0.198 e. The van der Waals surface area contributed by atoms with Crippen molar-refractivity contribution in [1.29, 1.82) is 0 Å². The van der Waals surface area contributed by atoms with Gasteiger partial charge in [-0.25, -0.2) is 8.78 Å². The van der Waals surface area contributed by atoms with Crippen molar-refractivity contribution in [2.45, 2.75) is 25.7 Å². The molecule has 2 aromatic carbocycles. The second-order valence-corrected chi connectivity index (χ2v) is 6.18. The van der Waals surface area contributed by atoms with E-state index in [9.17, 15) is 13.6 Å². The molecule has 4 heteroatoms. The molecule has 0 bridgehead atoms. The highest BCUT2D eigenvalue weighted by Crippen LogP contribution is 2.26. The van der Waals surface area contributed by atoms with Crippen LogP contribution in [0.25, 0.3) is 0 Å². The molecule has 0 radical (unpaired) electrons. The minimum atomic E-state index is -0.843. The number of benzene rings is 2. The van der Waals surface area contributed by atoms with Crippen molar-refractivity contribution in [3.8, 4) is 0 Å². The van der Waals surface area contributed by atoms with Gasteiger partial charge in [-0.05, 0) is 55.0 Å². The van der Waals surface area contributed by atoms with Crippen molar-refractivity contribution in [2.24, 2.45) is 0 Å². The van der Waals surface area contributed by atoms with Crippen molar-refractivity contribution in [3.63, 3.8) is 0 Å². The topological polar surface area (TPSA) is 17.1 Å². The molecule has 0 heterocycles. The van der Waals surface area contributed by atoms with Crippen molar-refractivity contribution in [1.82, 2.24) is 0 Å². The number of hydrogen-bond acceptors (Lipinski definition) is 1. The summed E-state index contributed by atoms with van der Waals surface area (Å²) in [6.45, 7) is 0. The lowest BCUT2D eigenvalue weighted by Gasteiger charge is -2.16. The zero-order chi connectivity index (χ0) is 15.0. The van der Waals surface area contributed by atoms with Crippen LogP contribution in [0.15, 0.2) is 34.8 Å². The average Bonchev–Trinajstić information content (AvgIpc) is 2.45. The standard InChI is InChI=1S/C17H13BrF2O/c18-13-8-14(19)16(15(20)9-13)17(21)12-6-5-10-3-1-2-4-11(10)7-12/h5-9H,1-4H2. The van der Waals surface area contributed by atoms with E-state index in [1.165, 1.54) is 5.56 Å². The van der Waals surface area contributed by atoms with Crippen molar-refractivity contribution < 1.29 is 13.6 Å². The monoisotopic (exact) mass is 350 g/mol. The highest BCUT2D eigenvalue weighted by Gasteiger charge is 2.21. The normalized spacial score (nSPS) is 13.9. The quantitative estimate of drug-likeness (QED) is 0.708. The number of ketones is 1. The van der Waals surface area contributed by atoms with Crippen LogP contribution in [0.1, 0.15) is 39.9 Å². The molecule has 0 fully saturated rings. The van der Waals surface area contributed by atoms with Gasteiger partial charge in [0.05, 0.1) is 5.56 Å². The van der Waals surface area contributed by atoms with Gasteiger partial charge in [0.2, 0.25) is 0 Å². The van der Waals surface area contributed by atoms with E-state index < -0.39 is 23.0 Å². The minimum absolute atomic E-state index is 0.277. The van der Waals surface area contributed by atoms with Gasteiger partial charge in [-0.3, -0.25) is 4.79 Å². The van der Waals surface area contributed by atoms with Gasteiger partial charge < -0.3 is 0 Å². The molecular formula is C17H13BrF2O. The van der Waals surface area contributed by atoms with E-state index >= 15 is 0 Å². The van der Waals surface area contributed by atoms with Crippen LogP contribution in [0, 0.1) is 11.6 Å². The van der Waals surface area contributed by atoms with Gasteiger partial charge >= 0.3 is 0 Å². The maximum atomic E-state index is 13.9. The van der Waals surface area contributed by atoms with Crippen LogP contribution >= 0.6 is 15.9 Å². The number of aryl methyl sites for hydroxylation is 2. The van der Waals surface area contributed by atoms with Crippen molar-refractivity contribution in [3.05, 3.63) is 68.7 Å². The van der Waals surface area contributed by atoms with Gasteiger partial charge in [-0.1, -0.05) is 28.1 Å². The van der Waals surface area contributed by atoms with Gasteiger partial charge in [0.15, 0.2) is 5.78 Å². The molecule has 0 N–H and O–H groups in total. The third kappa shape index (κ3) is 2.77. The van der Waals surface area contributed by atoms with E-state index in [2.05, 4.69) is 15.9 Å². The summed E-state index contributed by atoms with van der Waals surface area (Å²) in [5.41, 5.74) is 2.20. The summed E-state index contributed by atoms with van der Waals surface area (Å²) in [7, 11) is 0. The lowest BCUT2D eigenvalue weighted by molar-refractivity contribution is 0.103. The lowest BCUT2D eigenvalue weighted by Crippen LogP contribution is -2.10. The van der Waals surface area contributed by atoms with Crippen molar-refractivity contribution >= 4 is 21.7 Å². The van der Waals surface area contributed by atoms with E-state index in [0.717, 1.165) is 43.4 Å². The van der Waals surface area contributed by atoms with Crippen LogP contribution < -0.4 is 0 Å². The molecular weight excluding hydrogens is 338 g/mol. The van der Waals surface area contributed by atoms with E-state index in [4.69, 9.17) is 0 Å². The summed E-state index contributed by atoms with van der Waals surface area (Å²) < 4.78 is 28.1. The molecule has 0 saturated heterocycles. The van der Waals surface area contributed by atoms with Gasteiger partial charge in [-0.2, -0.15) is 0 Å². The van der Waals surface area contributed by atoms with E-state index in [-0.39, 0.29) is 4.47 Å². The number of carbonyl (C=O) groups is 1. The van der Waals surface area contributed by atoms with Crippen LogP contribution in [0.3, 0.4) is 0 Å². The maximum Gasteiger partial charge on any atom is 0.198 e. The van der Waals surface area contributed by atoms with Crippen LogP contribution in [0.2, 0.25) is 0 Å². The fourth-order valence-corrected chi connectivity index (χ4v) is 3.18. The Morgan fingerprint density at radius 3 is 2.24 bits per heavy atom. The predicted molar refractivity (Wildman–Crippen MR) is 80.6 cm³/mol. The van der Waals surface area contributed by atoms with Crippen LogP contribution in [-0.2, 0) is 12.8 Å². The molecule has 0 atom stereocenters. The number of fused-ring (bicyclic) bond motifs is 1. The van der Waals surface area contributed by atoms with E-state index in [1.807, 2.05) is 6.07 Å². The molecule has 2 aromatic rings. The second kappa shape index (κ2) is 5.68. The summed E-state index contributed by atoms with van der Waals surface area (Å²) >= 11 is 3.01. The fourth-order valence-electron chi connectivity index (χ4n) is 2.78. The number of hydrogen-bond donors (Lipinski definition) is 0. The molecule has 1 nitrogen and oxygen atoms in total. The summed E-state index contributed by atoms with van der Waals surface area (Å²) in [4.78, 5) is 12.4. The van der Waals surface area contributed by atoms with E-state index in [0.29, 0.717) is 5.56 Å². The third-order valence-corrected chi connectivity index (χ3v) is 4.30. The van der Waals surface area contributed by atoms with Gasteiger partial charge in [0.25, 0.3) is 0 Å². The SMILES string of the molecule is O=C(c1ccc2c(c1)CCCC2)c1c(F)cc(Br)cc1F. The highest BCUT2D eigenvalue weighted by atomic mass is 79.9. The summed E-state index contributed by atoms with van der Waals surface area (Å²) in [6.07, 6.45) is 4.16. The van der Waals surface area contributed by atoms with Crippen molar-refractivity contribution in [2.75, 3.05) is 0 Å². The Morgan fingerprint density at radius 1 is 0.952 bits per heavy atom. The molecule has 3 rings (SSSR count). The molecule has 0 saturated carbocycles. The first-order valence-electron chi connectivity index (χ1n) is 6.87. The first kappa shape index (κ1) is 14.4. The maximum absolute atomic E-state index is 13.9. The van der Waals surface area contributed by atoms with Gasteiger partial charge in [0.1, 0.15) is 11.6 Å². The van der Waals surface area contributed by atoms with E-state index in [1.54, 1.807) is 12.1 Å². The Balaban J connectivity index is 2.03. The zero-order valence-electron chi connectivity index (χ0n) is 11.3. The number of rotatable bonds is 2. The molecule has 0 amide bonds. The molecule has 0 spiro atoms. The largest absolute Gasteiger partial charge is 0.288 e. The Kier molecular flexibility index (Phi) is 3.89. The number of carbonyl (C=O) groups excluding carboxylic acids is 1. The first-order chi connectivity index (χ1) is 10.1. The Labute approximate surface area is 130 Å². The molecule has 1 aliphatic carbocycles. The lowest BCUT2D eigenvalue weighted by atomic mass is 9.89. The van der Waals surface area contributed by atoms with Crippen LogP contribution in [0.4, 0.5) is 8.78 Å². The van der Waals surface area contributed by atoms with Gasteiger partial charge in [-0.15, -0.1) is 0 Å². The van der Waals surface area contributed by atoms with Crippen LogP contribution in [-0.4, -0.2) is 5.78 Å². The zero-order valence-corrected chi connectivity index (χ0v) is 12.8. The molecule has 0 aliphatic heterocycles. The molecule has 1 aliphatic rings. The Bertz CT molecular complexity index is 702. The third-order valence-electron chi connectivity index (χ3n) is 3.84. The Morgan fingerprint density at radius 2 is 1.57 bits per heavy atom. The summed E-state index contributed by atoms with van der Waals surface area (Å²) in [5.74, 6) is -2.29. The summed E-state index contributed by atoms with van der Waals surface area (Å²) in [6, 6.07) is 7.55. The highest BCUT2D eigenvalue weighted by molar-refractivity contribution is 9.10. The Hall–Kier alpha value is -1.55. The summed E-state index contributed by atoms with van der Waals surface area (Å²) in [5, 5.41) is 0. The fraction of sp³-hybridized carbons (Fsp3) is 0.235. The molecule has 0 aromatic heterocycles. The van der Waals surface area contributed by atoms with Gasteiger partial charge in [0, 0.05) is 10.0 Å². The predicted octanol–water partition coefficient (Wildman–Crippen LogP) is 4.84.